The number of para-hydroxylation sites is 1. The Hall–Kier alpha value is -3.53. The highest BCUT2D eigenvalue weighted by Crippen LogP contribution is 2.63. The van der Waals surface area contributed by atoms with Crippen molar-refractivity contribution in [3.8, 4) is 0 Å². The molecule has 0 unspecified atom stereocenters. The fraction of sp³-hybridized carbons (Fsp3) is 0.192. The number of nitrogens with zero attached hydrogens (tertiary/aromatic N) is 1. The van der Waals surface area contributed by atoms with E-state index in [1.165, 1.54) is 4.90 Å². The predicted molar refractivity (Wildman–Crippen MR) is 112 cm³/mol. The fourth-order valence-corrected chi connectivity index (χ4v) is 6.08. The number of imide groups is 1. The van der Waals surface area contributed by atoms with Crippen molar-refractivity contribution in [3.63, 3.8) is 0 Å². The summed E-state index contributed by atoms with van der Waals surface area (Å²) in [5.74, 6) is -2.02. The molecular weight excluding hydrogens is 374 g/mol. The third-order valence-electron chi connectivity index (χ3n) is 7.23. The first-order valence-electron chi connectivity index (χ1n) is 10.2. The molecule has 3 aromatic rings. The van der Waals surface area contributed by atoms with Gasteiger partial charge in [0.05, 0.1) is 22.9 Å². The van der Waals surface area contributed by atoms with Crippen molar-refractivity contribution >= 4 is 23.8 Å². The summed E-state index contributed by atoms with van der Waals surface area (Å²) in [5, 5.41) is 0. The largest absolute Gasteiger partial charge is 0.302 e. The number of anilines is 1. The molecule has 1 aliphatic heterocycles. The smallest absolute Gasteiger partial charge is 0.239 e. The molecule has 4 nitrogen and oxygen atoms in total. The average Bonchev–Trinajstić information content (AvgIpc) is 3.05. The molecular formula is C26H19NO3. The zero-order chi connectivity index (χ0) is 20.6. The number of aldehydes is 1. The molecule has 146 valence electrons. The minimum absolute atomic E-state index is 0.209. The van der Waals surface area contributed by atoms with Gasteiger partial charge >= 0.3 is 0 Å². The second-order valence-electron chi connectivity index (χ2n) is 8.44. The van der Waals surface area contributed by atoms with Crippen molar-refractivity contribution in [1.29, 1.82) is 0 Å². The molecule has 1 fully saturated rings. The van der Waals surface area contributed by atoms with Crippen LogP contribution in [0, 0.1) is 18.8 Å². The van der Waals surface area contributed by atoms with Crippen LogP contribution in [-0.4, -0.2) is 18.1 Å². The van der Waals surface area contributed by atoms with Crippen molar-refractivity contribution in [2.75, 3.05) is 4.90 Å². The molecule has 30 heavy (non-hydrogen) atoms. The van der Waals surface area contributed by atoms with Crippen LogP contribution in [0.2, 0.25) is 0 Å². The third-order valence-corrected chi connectivity index (χ3v) is 7.23. The second kappa shape index (κ2) is 5.76. The maximum Gasteiger partial charge on any atom is 0.239 e. The molecule has 0 saturated carbocycles. The van der Waals surface area contributed by atoms with E-state index in [2.05, 4.69) is 0 Å². The molecule has 0 spiro atoms. The molecule has 4 heteroatoms. The normalized spacial score (nSPS) is 28.2. The maximum atomic E-state index is 13.8. The quantitative estimate of drug-likeness (QED) is 0.492. The Bertz CT molecular complexity index is 1210. The van der Waals surface area contributed by atoms with Gasteiger partial charge in [-0.05, 0) is 40.8 Å². The van der Waals surface area contributed by atoms with Crippen molar-refractivity contribution in [1.82, 2.24) is 0 Å². The van der Waals surface area contributed by atoms with Gasteiger partial charge in [-0.2, -0.15) is 0 Å². The topological polar surface area (TPSA) is 54.5 Å². The molecule has 2 atom stereocenters. The fourth-order valence-electron chi connectivity index (χ4n) is 6.08. The van der Waals surface area contributed by atoms with Crippen LogP contribution in [0.5, 0.6) is 0 Å². The van der Waals surface area contributed by atoms with Crippen LogP contribution in [0.3, 0.4) is 0 Å². The van der Waals surface area contributed by atoms with Crippen molar-refractivity contribution in [3.05, 3.63) is 101 Å². The molecule has 2 amide bonds. The number of amides is 2. The highest BCUT2D eigenvalue weighted by molar-refractivity contribution is 6.25. The van der Waals surface area contributed by atoms with Crippen LogP contribution in [0.4, 0.5) is 5.69 Å². The summed E-state index contributed by atoms with van der Waals surface area (Å²) in [6, 6.07) is 23.0. The lowest BCUT2D eigenvalue weighted by molar-refractivity contribution is -0.128. The van der Waals surface area contributed by atoms with Crippen LogP contribution < -0.4 is 4.90 Å². The average molecular weight is 393 g/mol. The Morgan fingerprint density at radius 1 is 0.800 bits per heavy atom. The van der Waals surface area contributed by atoms with E-state index in [1.807, 2.05) is 73.7 Å². The van der Waals surface area contributed by atoms with Crippen molar-refractivity contribution < 1.29 is 14.4 Å². The van der Waals surface area contributed by atoms with Crippen LogP contribution >= 0.6 is 0 Å². The first-order valence-corrected chi connectivity index (χ1v) is 10.2. The SMILES string of the molecule is Cc1ccccc1N1C(=O)[C@H]2C3c4ccccc4C(C=O)(c4ccccc43)[C@H]2C1=O. The molecule has 7 rings (SSSR count). The lowest BCUT2D eigenvalue weighted by Gasteiger charge is -2.51. The number of carbonyl (C=O) groups excluding carboxylic acids is 3. The molecule has 0 aromatic heterocycles. The highest BCUT2D eigenvalue weighted by Gasteiger charge is 2.68. The van der Waals surface area contributed by atoms with E-state index in [1.54, 1.807) is 6.07 Å². The minimum atomic E-state index is -1.14. The lowest BCUT2D eigenvalue weighted by Crippen LogP contribution is -2.54. The Balaban J connectivity index is 1.67. The maximum absolute atomic E-state index is 13.8. The highest BCUT2D eigenvalue weighted by atomic mass is 16.2. The van der Waals surface area contributed by atoms with Gasteiger partial charge in [-0.3, -0.25) is 9.59 Å². The summed E-state index contributed by atoms with van der Waals surface area (Å²) in [5.41, 5.74) is 4.01. The monoisotopic (exact) mass is 393 g/mol. The molecule has 3 aliphatic carbocycles. The van der Waals surface area contributed by atoms with Gasteiger partial charge in [-0.15, -0.1) is 0 Å². The summed E-state index contributed by atoms with van der Waals surface area (Å²) in [6.07, 6.45) is 0.907. The molecule has 1 saturated heterocycles. The standard InChI is InChI=1S/C26H19NO3/c1-15-8-2-7-13-20(15)27-24(29)22-21-16-9-3-5-11-18(16)26(14-28,23(22)25(27)30)19-12-6-4-10-17(19)21/h2-14,21-23H,1H3/t21?,22-,23+,26?/m0/s1. The Labute approximate surface area is 174 Å². The number of hydrogen-bond acceptors (Lipinski definition) is 3. The second-order valence-corrected chi connectivity index (χ2v) is 8.44. The van der Waals surface area contributed by atoms with E-state index in [4.69, 9.17) is 0 Å². The molecule has 0 N–H and O–H groups in total. The van der Waals surface area contributed by atoms with Crippen LogP contribution in [0.15, 0.2) is 72.8 Å². The zero-order valence-corrected chi connectivity index (χ0v) is 16.4. The summed E-state index contributed by atoms with van der Waals surface area (Å²) in [7, 11) is 0. The predicted octanol–water partition coefficient (Wildman–Crippen LogP) is 3.74. The first kappa shape index (κ1) is 17.3. The van der Waals surface area contributed by atoms with Crippen molar-refractivity contribution in [2.24, 2.45) is 11.8 Å². The van der Waals surface area contributed by atoms with Gasteiger partial charge in [-0.25, -0.2) is 4.90 Å². The molecule has 3 aromatic carbocycles. The van der Waals surface area contributed by atoms with Gasteiger partial charge in [0.25, 0.3) is 0 Å². The first-order chi connectivity index (χ1) is 14.6. The number of hydrogen-bond donors (Lipinski definition) is 0. The van der Waals surface area contributed by atoms with Gasteiger partial charge < -0.3 is 4.79 Å². The minimum Gasteiger partial charge on any atom is -0.302 e. The van der Waals surface area contributed by atoms with E-state index in [-0.39, 0.29) is 17.7 Å². The number of aryl methyl sites for hydroxylation is 1. The summed E-state index contributed by atoms with van der Waals surface area (Å²) in [6.45, 7) is 1.89. The Morgan fingerprint density at radius 2 is 1.37 bits per heavy atom. The number of rotatable bonds is 2. The Morgan fingerprint density at radius 3 is 1.97 bits per heavy atom. The van der Waals surface area contributed by atoms with Crippen molar-refractivity contribution in [2.45, 2.75) is 18.3 Å². The third kappa shape index (κ3) is 1.80. The van der Waals surface area contributed by atoms with Gasteiger partial charge in [0.1, 0.15) is 6.29 Å². The van der Waals surface area contributed by atoms with Gasteiger partial charge in [0, 0.05) is 5.92 Å². The van der Waals surface area contributed by atoms with Crippen LogP contribution in [0.1, 0.15) is 33.7 Å². The van der Waals surface area contributed by atoms with E-state index in [9.17, 15) is 14.4 Å². The number of benzene rings is 3. The molecule has 0 radical (unpaired) electrons. The van der Waals surface area contributed by atoms with E-state index < -0.39 is 17.3 Å². The zero-order valence-electron chi connectivity index (χ0n) is 16.4. The summed E-state index contributed by atoms with van der Waals surface area (Å²) in [4.78, 5) is 41.8. The van der Waals surface area contributed by atoms with Gasteiger partial charge in [-0.1, -0.05) is 66.7 Å². The van der Waals surface area contributed by atoms with Crippen LogP contribution in [0.25, 0.3) is 0 Å². The van der Waals surface area contributed by atoms with E-state index >= 15 is 0 Å². The lowest BCUT2D eigenvalue weighted by atomic mass is 9.48. The molecule has 2 bridgehead atoms. The number of carbonyl (C=O) groups is 3. The van der Waals surface area contributed by atoms with E-state index in [0.29, 0.717) is 5.69 Å². The van der Waals surface area contributed by atoms with Gasteiger partial charge in [0.2, 0.25) is 11.8 Å². The molecule has 4 aliphatic rings. The molecule has 1 heterocycles. The summed E-state index contributed by atoms with van der Waals surface area (Å²) >= 11 is 0. The van der Waals surface area contributed by atoms with Gasteiger partial charge in [0.15, 0.2) is 0 Å². The Kier molecular flexibility index (Phi) is 3.33. The summed E-state index contributed by atoms with van der Waals surface area (Å²) < 4.78 is 0. The van der Waals surface area contributed by atoms with E-state index in [0.717, 1.165) is 34.1 Å². The van der Waals surface area contributed by atoms with Crippen LogP contribution in [-0.2, 0) is 19.8 Å².